The van der Waals surface area contributed by atoms with E-state index in [0.29, 0.717) is 6.04 Å². The summed E-state index contributed by atoms with van der Waals surface area (Å²) >= 11 is 1.73. The quantitative estimate of drug-likeness (QED) is 0.796. The van der Waals surface area contributed by atoms with Crippen LogP contribution < -0.4 is 11.1 Å². The highest BCUT2D eigenvalue weighted by Crippen LogP contribution is 2.18. The van der Waals surface area contributed by atoms with Crippen LogP contribution in [-0.4, -0.2) is 17.6 Å². The van der Waals surface area contributed by atoms with E-state index in [0.717, 1.165) is 18.7 Å². The number of nitrogens with one attached hydrogen (secondary N) is 1. The number of thiazole rings is 1. The molecule has 1 aromatic rings. The van der Waals surface area contributed by atoms with Crippen LogP contribution >= 0.6 is 11.3 Å². The van der Waals surface area contributed by atoms with Gasteiger partial charge < -0.3 is 11.1 Å². The SMILES string of the molecule is CC(N)c1csc(CC2CCCN2)n1. The van der Waals surface area contributed by atoms with E-state index in [1.807, 2.05) is 6.92 Å². The van der Waals surface area contributed by atoms with Crippen LogP contribution in [0, 0.1) is 0 Å². The maximum absolute atomic E-state index is 5.76. The minimum atomic E-state index is 0.0662. The number of aromatic nitrogens is 1. The van der Waals surface area contributed by atoms with Crippen LogP contribution in [0.2, 0.25) is 0 Å². The Bertz CT molecular complexity index is 289. The number of nitrogens with two attached hydrogens (primary N) is 1. The molecule has 78 valence electrons. The molecule has 0 aromatic carbocycles. The minimum absolute atomic E-state index is 0.0662. The van der Waals surface area contributed by atoms with Gasteiger partial charge in [-0.2, -0.15) is 0 Å². The molecule has 3 nitrogen and oxygen atoms in total. The first kappa shape index (κ1) is 10.1. The highest BCUT2D eigenvalue weighted by molar-refractivity contribution is 7.09. The average Bonchev–Trinajstić information content (AvgIpc) is 2.75. The molecule has 3 N–H and O–H groups in total. The first-order valence-corrected chi connectivity index (χ1v) is 6.07. The van der Waals surface area contributed by atoms with Crippen molar-refractivity contribution < 1.29 is 0 Å². The summed E-state index contributed by atoms with van der Waals surface area (Å²) in [5.74, 6) is 0. The Morgan fingerprint density at radius 2 is 2.64 bits per heavy atom. The number of rotatable bonds is 3. The number of nitrogens with zero attached hydrogens (tertiary/aromatic N) is 1. The van der Waals surface area contributed by atoms with Crippen molar-refractivity contribution in [2.75, 3.05) is 6.54 Å². The predicted molar refractivity (Wildman–Crippen MR) is 59.4 cm³/mol. The molecule has 0 aliphatic carbocycles. The predicted octanol–water partition coefficient (Wildman–Crippen LogP) is 1.46. The van der Waals surface area contributed by atoms with Crippen LogP contribution in [0.15, 0.2) is 5.38 Å². The fourth-order valence-corrected chi connectivity index (χ4v) is 2.75. The van der Waals surface area contributed by atoms with Gasteiger partial charge in [-0.3, -0.25) is 0 Å². The lowest BCUT2D eigenvalue weighted by molar-refractivity contribution is 0.599. The molecular weight excluding hydrogens is 194 g/mol. The van der Waals surface area contributed by atoms with Gasteiger partial charge in [-0.05, 0) is 26.3 Å². The van der Waals surface area contributed by atoms with E-state index >= 15 is 0 Å². The third-order valence-electron chi connectivity index (χ3n) is 2.62. The van der Waals surface area contributed by atoms with Crippen molar-refractivity contribution in [2.24, 2.45) is 5.73 Å². The van der Waals surface area contributed by atoms with Gasteiger partial charge in [-0.1, -0.05) is 0 Å². The van der Waals surface area contributed by atoms with E-state index in [4.69, 9.17) is 5.73 Å². The highest BCUT2D eigenvalue weighted by atomic mass is 32.1. The van der Waals surface area contributed by atoms with E-state index in [2.05, 4.69) is 15.7 Å². The fraction of sp³-hybridized carbons (Fsp3) is 0.700. The van der Waals surface area contributed by atoms with Gasteiger partial charge in [0.25, 0.3) is 0 Å². The van der Waals surface area contributed by atoms with Crippen molar-refractivity contribution in [1.82, 2.24) is 10.3 Å². The monoisotopic (exact) mass is 211 g/mol. The van der Waals surface area contributed by atoms with Crippen LogP contribution in [0.1, 0.15) is 36.5 Å². The third kappa shape index (κ3) is 2.32. The number of hydrogen-bond acceptors (Lipinski definition) is 4. The smallest absolute Gasteiger partial charge is 0.0944 e. The van der Waals surface area contributed by atoms with Gasteiger partial charge in [0, 0.05) is 23.9 Å². The normalized spacial score (nSPS) is 24.0. The summed E-state index contributed by atoms with van der Waals surface area (Å²) in [6.45, 7) is 3.14. The zero-order valence-corrected chi connectivity index (χ0v) is 9.31. The van der Waals surface area contributed by atoms with Gasteiger partial charge in [0.05, 0.1) is 10.7 Å². The molecule has 0 spiro atoms. The van der Waals surface area contributed by atoms with Crippen molar-refractivity contribution in [3.05, 3.63) is 16.1 Å². The van der Waals surface area contributed by atoms with E-state index in [-0.39, 0.29) is 6.04 Å². The van der Waals surface area contributed by atoms with Crippen LogP contribution in [0.25, 0.3) is 0 Å². The standard InChI is InChI=1S/C10H17N3S/c1-7(11)9-6-14-10(13-9)5-8-3-2-4-12-8/h6-8,12H,2-5,11H2,1H3. The second-order valence-electron chi connectivity index (χ2n) is 3.95. The summed E-state index contributed by atoms with van der Waals surface area (Å²) in [7, 11) is 0. The van der Waals surface area contributed by atoms with Crippen molar-refractivity contribution >= 4 is 11.3 Å². The summed E-state index contributed by atoms with van der Waals surface area (Å²) in [5, 5.41) is 6.78. The molecule has 1 saturated heterocycles. The Morgan fingerprint density at radius 3 is 3.21 bits per heavy atom. The highest BCUT2D eigenvalue weighted by Gasteiger charge is 2.16. The molecule has 4 heteroatoms. The second-order valence-corrected chi connectivity index (χ2v) is 4.89. The lowest BCUT2D eigenvalue weighted by Crippen LogP contribution is -2.23. The maximum atomic E-state index is 5.76. The first-order chi connectivity index (χ1) is 6.75. The van der Waals surface area contributed by atoms with Crippen molar-refractivity contribution in [2.45, 2.75) is 38.3 Å². The van der Waals surface area contributed by atoms with Crippen LogP contribution in [0.3, 0.4) is 0 Å². The molecule has 2 rings (SSSR count). The summed E-state index contributed by atoms with van der Waals surface area (Å²) in [5.41, 5.74) is 6.79. The zero-order chi connectivity index (χ0) is 9.97. The first-order valence-electron chi connectivity index (χ1n) is 5.19. The van der Waals surface area contributed by atoms with Gasteiger partial charge in [0.2, 0.25) is 0 Å². The average molecular weight is 211 g/mol. The molecule has 2 heterocycles. The van der Waals surface area contributed by atoms with Crippen LogP contribution in [0.5, 0.6) is 0 Å². The molecule has 0 bridgehead atoms. The second kappa shape index (κ2) is 4.38. The van der Waals surface area contributed by atoms with Gasteiger partial charge in [-0.15, -0.1) is 11.3 Å². The Hall–Kier alpha value is -0.450. The zero-order valence-electron chi connectivity index (χ0n) is 8.49. The number of hydrogen-bond donors (Lipinski definition) is 2. The summed E-state index contributed by atoms with van der Waals surface area (Å²) in [6.07, 6.45) is 3.65. The molecule has 1 aliphatic heterocycles. The molecule has 2 atom stereocenters. The van der Waals surface area contributed by atoms with Crippen LogP contribution in [-0.2, 0) is 6.42 Å². The van der Waals surface area contributed by atoms with Gasteiger partial charge in [0.1, 0.15) is 0 Å². The molecule has 0 radical (unpaired) electrons. The Labute approximate surface area is 88.7 Å². The molecule has 1 aliphatic rings. The maximum Gasteiger partial charge on any atom is 0.0944 e. The van der Waals surface area contributed by atoms with E-state index in [1.165, 1.54) is 17.8 Å². The van der Waals surface area contributed by atoms with Crippen molar-refractivity contribution in [3.63, 3.8) is 0 Å². The van der Waals surface area contributed by atoms with E-state index in [1.54, 1.807) is 11.3 Å². The summed E-state index contributed by atoms with van der Waals surface area (Å²) < 4.78 is 0. The largest absolute Gasteiger partial charge is 0.323 e. The minimum Gasteiger partial charge on any atom is -0.323 e. The lowest BCUT2D eigenvalue weighted by Gasteiger charge is -2.06. The molecule has 14 heavy (non-hydrogen) atoms. The molecule has 0 amide bonds. The molecule has 1 aromatic heterocycles. The van der Waals surface area contributed by atoms with Gasteiger partial charge >= 0.3 is 0 Å². The Kier molecular flexibility index (Phi) is 3.15. The summed E-state index contributed by atoms with van der Waals surface area (Å²) in [4.78, 5) is 4.53. The fourth-order valence-electron chi connectivity index (χ4n) is 1.77. The van der Waals surface area contributed by atoms with E-state index < -0.39 is 0 Å². The molecule has 2 unspecified atom stereocenters. The molecule has 0 saturated carbocycles. The van der Waals surface area contributed by atoms with Crippen molar-refractivity contribution in [1.29, 1.82) is 0 Å². The topological polar surface area (TPSA) is 50.9 Å². The van der Waals surface area contributed by atoms with Gasteiger partial charge in [-0.25, -0.2) is 4.98 Å². The Morgan fingerprint density at radius 1 is 1.79 bits per heavy atom. The molecule has 1 fully saturated rings. The third-order valence-corrected chi connectivity index (χ3v) is 3.51. The lowest BCUT2D eigenvalue weighted by atomic mass is 10.2. The van der Waals surface area contributed by atoms with Gasteiger partial charge in [0.15, 0.2) is 0 Å². The molecular formula is C10H17N3S. The summed E-state index contributed by atoms with van der Waals surface area (Å²) in [6, 6.07) is 0.707. The van der Waals surface area contributed by atoms with Crippen molar-refractivity contribution in [3.8, 4) is 0 Å². The Balaban J connectivity index is 1.95. The van der Waals surface area contributed by atoms with Crippen LogP contribution in [0.4, 0.5) is 0 Å². The van der Waals surface area contributed by atoms with E-state index in [9.17, 15) is 0 Å².